The highest BCUT2D eigenvalue weighted by molar-refractivity contribution is 5.99. The van der Waals surface area contributed by atoms with Crippen LogP contribution < -0.4 is 20.1 Å². The molecule has 2 N–H and O–H groups in total. The molecule has 0 aromatic heterocycles. The van der Waals surface area contributed by atoms with E-state index in [2.05, 4.69) is 24.8 Å². The quantitative estimate of drug-likeness (QED) is 0.251. The summed E-state index contributed by atoms with van der Waals surface area (Å²) in [5.41, 5.74) is -0.114. The average molecular weight is 564 g/mol. The van der Waals surface area contributed by atoms with Gasteiger partial charge >= 0.3 is 24.7 Å². The normalized spacial score (nSPS) is 11.7. The summed E-state index contributed by atoms with van der Waals surface area (Å²) >= 11 is 0. The first-order chi connectivity index (χ1) is 18.1. The van der Waals surface area contributed by atoms with Crippen molar-refractivity contribution < 1.29 is 64.5 Å². The van der Waals surface area contributed by atoms with Gasteiger partial charge < -0.3 is 29.6 Å². The minimum atomic E-state index is -4.88. The molecule has 0 aliphatic carbocycles. The lowest BCUT2D eigenvalue weighted by atomic mass is 10.3. The number of hydrogen-bond donors (Lipinski definition) is 2. The highest BCUT2D eigenvalue weighted by Crippen LogP contribution is 2.25. The molecular weight excluding hydrogens is 546 g/mol. The van der Waals surface area contributed by atoms with E-state index in [0.29, 0.717) is 6.08 Å². The van der Waals surface area contributed by atoms with Crippen LogP contribution in [0.4, 0.5) is 37.7 Å². The number of anilines is 2. The standard InChI is InChI=1S/C23H18F6N2O8/c1-13(21(35)37-12-19(33)31-15-4-8-17(9-5-15)39-23(27,28)29)10-20(34)36-11-18(32)30-14-2-6-16(7-3-14)38-22(24,25)26/h2-10H,11-12H2,1H3,(H,30,32)(H,31,33)/b13-10-. The van der Waals surface area contributed by atoms with E-state index in [0.717, 1.165) is 55.5 Å². The van der Waals surface area contributed by atoms with Crippen molar-refractivity contribution in [3.63, 3.8) is 0 Å². The SMILES string of the molecule is C/C(=C/C(=O)OCC(=O)Nc1ccc(OC(F)(F)F)cc1)C(=O)OCC(=O)Nc1ccc(OC(F)(F)F)cc1. The van der Waals surface area contributed by atoms with Crippen molar-refractivity contribution in [2.75, 3.05) is 23.8 Å². The predicted molar refractivity (Wildman–Crippen MR) is 119 cm³/mol. The van der Waals surface area contributed by atoms with Gasteiger partial charge in [-0.1, -0.05) is 0 Å². The minimum Gasteiger partial charge on any atom is -0.452 e. The summed E-state index contributed by atoms with van der Waals surface area (Å²) in [7, 11) is 0. The zero-order valence-electron chi connectivity index (χ0n) is 19.6. The average Bonchev–Trinajstić information content (AvgIpc) is 2.82. The van der Waals surface area contributed by atoms with Gasteiger partial charge in [0.05, 0.1) is 0 Å². The summed E-state index contributed by atoms with van der Waals surface area (Å²) in [6.45, 7) is -0.436. The van der Waals surface area contributed by atoms with Crippen LogP contribution >= 0.6 is 0 Å². The fourth-order valence-electron chi connectivity index (χ4n) is 2.53. The van der Waals surface area contributed by atoms with E-state index in [-0.39, 0.29) is 16.9 Å². The number of alkyl halides is 6. The van der Waals surface area contributed by atoms with Gasteiger partial charge in [-0.15, -0.1) is 26.3 Å². The van der Waals surface area contributed by atoms with Gasteiger partial charge in [0.1, 0.15) is 11.5 Å². The van der Waals surface area contributed by atoms with Crippen molar-refractivity contribution in [3.05, 3.63) is 60.2 Å². The van der Waals surface area contributed by atoms with E-state index in [1.807, 2.05) is 0 Å². The van der Waals surface area contributed by atoms with Gasteiger partial charge in [-0.05, 0) is 55.5 Å². The summed E-state index contributed by atoms with van der Waals surface area (Å²) in [5.74, 6) is -4.88. The molecule has 10 nitrogen and oxygen atoms in total. The Morgan fingerprint density at radius 3 is 1.46 bits per heavy atom. The number of amides is 2. The minimum absolute atomic E-state index is 0.0877. The predicted octanol–water partition coefficient (Wildman–Crippen LogP) is 4.09. The molecule has 0 unspecified atom stereocenters. The first kappa shape index (κ1) is 30.5. The Labute approximate surface area is 215 Å². The number of carbonyl (C=O) groups excluding carboxylic acids is 4. The highest BCUT2D eigenvalue weighted by atomic mass is 19.4. The van der Waals surface area contributed by atoms with Crippen molar-refractivity contribution >= 4 is 35.1 Å². The second-order valence-corrected chi connectivity index (χ2v) is 7.25. The number of benzene rings is 2. The van der Waals surface area contributed by atoms with Crippen molar-refractivity contribution in [1.82, 2.24) is 0 Å². The van der Waals surface area contributed by atoms with Crippen LogP contribution in [0.5, 0.6) is 11.5 Å². The third kappa shape index (κ3) is 12.4. The lowest BCUT2D eigenvalue weighted by molar-refractivity contribution is -0.275. The van der Waals surface area contributed by atoms with Crippen LogP contribution in [0.3, 0.4) is 0 Å². The fourth-order valence-corrected chi connectivity index (χ4v) is 2.53. The Morgan fingerprint density at radius 2 is 1.08 bits per heavy atom. The molecular formula is C23H18F6N2O8. The smallest absolute Gasteiger partial charge is 0.452 e. The van der Waals surface area contributed by atoms with Crippen LogP contribution in [0.1, 0.15) is 6.92 Å². The Bertz CT molecular complexity index is 1210. The molecule has 2 aromatic rings. The Morgan fingerprint density at radius 1 is 0.692 bits per heavy atom. The van der Waals surface area contributed by atoms with Crippen LogP contribution in [-0.4, -0.2) is 49.7 Å². The van der Waals surface area contributed by atoms with Crippen molar-refractivity contribution in [3.8, 4) is 11.5 Å². The maximum Gasteiger partial charge on any atom is 0.573 e. The summed E-state index contributed by atoms with van der Waals surface area (Å²) in [5, 5.41) is 4.53. The van der Waals surface area contributed by atoms with E-state index in [1.165, 1.54) is 0 Å². The molecule has 0 bridgehead atoms. The van der Waals surface area contributed by atoms with Gasteiger partial charge in [0.2, 0.25) is 0 Å². The topological polar surface area (TPSA) is 129 Å². The first-order valence-corrected chi connectivity index (χ1v) is 10.4. The molecule has 0 saturated heterocycles. The molecule has 16 heteroatoms. The fraction of sp³-hybridized carbons (Fsp3) is 0.217. The van der Waals surface area contributed by atoms with E-state index in [1.54, 1.807) is 0 Å². The molecule has 0 spiro atoms. The summed E-state index contributed by atoms with van der Waals surface area (Å²) in [6, 6.07) is 8.30. The van der Waals surface area contributed by atoms with Crippen LogP contribution in [0.2, 0.25) is 0 Å². The third-order valence-corrected chi connectivity index (χ3v) is 4.08. The van der Waals surface area contributed by atoms with Crippen LogP contribution in [0.25, 0.3) is 0 Å². The summed E-state index contributed by atoms with van der Waals surface area (Å²) < 4.78 is 89.7. The third-order valence-electron chi connectivity index (χ3n) is 4.08. The maximum atomic E-state index is 12.2. The molecule has 0 fully saturated rings. The number of halogens is 6. The zero-order chi connectivity index (χ0) is 29.2. The second-order valence-electron chi connectivity index (χ2n) is 7.25. The van der Waals surface area contributed by atoms with Crippen LogP contribution in [-0.2, 0) is 28.7 Å². The first-order valence-electron chi connectivity index (χ1n) is 10.4. The Hall–Kier alpha value is -4.76. The number of ether oxygens (including phenoxy) is 4. The molecule has 2 amide bonds. The number of hydrogen-bond acceptors (Lipinski definition) is 8. The molecule has 0 saturated carbocycles. The largest absolute Gasteiger partial charge is 0.573 e. The number of carbonyl (C=O) groups is 4. The number of rotatable bonds is 10. The lowest BCUT2D eigenvalue weighted by Crippen LogP contribution is -2.22. The van der Waals surface area contributed by atoms with Crippen LogP contribution in [0.15, 0.2) is 60.2 Å². The lowest BCUT2D eigenvalue weighted by Gasteiger charge is -2.10. The zero-order valence-corrected chi connectivity index (χ0v) is 19.6. The molecule has 0 aliphatic heterocycles. The van der Waals surface area contributed by atoms with E-state index >= 15 is 0 Å². The maximum absolute atomic E-state index is 12.2. The Balaban J connectivity index is 1.74. The van der Waals surface area contributed by atoms with Gasteiger partial charge in [0, 0.05) is 23.0 Å². The number of nitrogens with one attached hydrogen (secondary N) is 2. The van der Waals surface area contributed by atoms with E-state index in [4.69, 9.17) is 4.74 Å². The van der Waals surface area contributed by atoms with Crippen molar-refractivity contribution in [1.29, 1.82) is 0 Å². The van der Waals surface area contributed by atoms with Gasteiger partial charge in [-0.3, -0.25) is 9.59 Å². The second kappa shape index (κ2) is 13.2. The van der Waals surface area contributed by atoms with Crippen molar-refractivity contribution in [2.45, 2.75) is 19.6 Å². The van der Waals surface area contributed by atoms with Gasteiger partial charge in [0.25, 0.3) is 11.8 Å². The molecule has 0 radical (unpaired) electrons. The highest BCUT2D eigenvalue weighted by Gasteiger charge is 2.31. The Kier molecular flexibility index (Phi) is 10.3. The molecule has 2 rings (SSSR count). The van der Waals surface area contributed by atoms with Crippen LogP contribution in [0, 0.1) is 0 Å². The van der Waals surface area contributed by atoms with Crippen molar-refractivity contribution in [2.24, 2.45) is 0 Å². The number of esters is 2. The molecule has 0 atom stereocenters. The van der Waals surface area contributed by atoms with Gasteiger partial charge in [0.15, 0.2) is 13.2 Å². The monoisotopic (exact) mass is 564 g/mol. The molecule has 39 heavy (non-hydrogen) atoms. The molecule has 0 aliphatic rings. The van der Waals surface area contributed by atoms with Gasteiger partial charge in [-0.25, -0.2) is 9.59 Å². The summed E-state index contributed by atoms with van der Waals surface area (Å²) in [6.07, 6.45) is -9.06. The molecule has 2 aromatic carbocycles. The van der Waals surface area contributed by atoms with E-state index in [9.17, 15) is 45.5 Å². The summed E-state index contributed by atoms with van der Waals surface area (Å²) in [4.78, 5) is 47.5. The van der Waals surface area contributed by atoms with E-state index < -0.39 is 61.2 Å². The molecule has 0 heterocycles. The van der Waals surface area contributed by atoms with Gasteiger partial charge in [-0.2, -0.15) is 0 Å². The molecule has 210 valence electrons.